The van der Waals surface area contributed by atoms with Gasteiger partial charge in [0.05, 0.1) is 35.0 Å². The summed E-state index contributed by atoms with van der Waals surface area (Å²) in [5.41, 5.74) is 14.8. The predicted octanol–water partition coefficient (Wildman–Crippen LogP) is 17.5. The Balaban J connectivity index is 0.000000138. The van der Waals surface area contributed by atoms with E-state index in [9.17, 15) is 16.8 Å². The monoisotopic (exact) mass is 1290 g/mol. The van der Waals surface area contributed by atoms with Crippen molar-refractivity contribution in [3.63, 3.8) is 0 Å². The third-order valence-corrected chi connectivity index (χ3v) is 20.1. The van der Waals surface area contributed by atoms with Crippen LogP contribution in [0.4, 0.5) is 0 Å². The van der Waals surface area contributed by atoms with Crippen LogP contribution in [0.2, 0.25) is 0 Å². The van der Waals surface area contributed by atoms with Crippen LogP contribution < -0.4 is 29.4 Å². The van der Waals surface area contributed by atoms with Crippen molar-refractivity contribution in [2.75, 3.05) is 20.8 Å². The minimum atomic E-state index is -3.80. The smallest absolute Gasteiger partial charge is 0.268 e. The Bertz CT molecular complexity index is 4970. The molecule has 3 aromatic heterocycles. The number of ether oxygens (including phenoxy) is 5. The highest BCUT2D eigenvalue weighted by Crippen LogP contribution is 2.34. The van der Waals surface area contributed by atoms with E-state index in [-0.39, 0.29) is 9.79 Å². The number of aryl methyl sites for hydroxylation is 2. The Kier molecular flexibility index (Phi) is 19.5. The van der Waals surface area contributed by atoms with Crippen molar-refractivity contribution in [1.82, 2.24) is 12.9 Å². The Morgan fingerprint density at radius 3 is 1.14 bits per heavy atom. The van der Waals surface area contributed by atoms with E-state index in [0.29, 0.717) is 66.8 Å². The number of fused-ring (bicyclic) bond motifs is 6. The van der Waals surface area contributed by atoms with Gasteiger partial charge in [-0.3, -0.25) is 0 Å². The molecule has 14 aromatic rings. The van der Waals surface area contributed by atoms with E-state index in [4.69, 9.17) is 29.4 Å². The molecule has 0 bridgehead atoms. The Morgan fingerprint density at radius 1 is 0.383 bits per heavy atom. The van der Waals surface area contributed by atoms with Crippen molar-refractivity contribution >= 4 is 85.1 Å². The van der Waals surface area contributed by atoms with E-state index in [0.717, 1.165) is 69.8 Å². The SMILES string of the molecule is CCCc1c[nH]c2ccc(OCc3ccc4ccccc4c3)cc12.CCCc1cn(S(=O)(=O)c2ccc(OC)cc2)c2ccc(OCc3ccc4ccccc4c3)cc12.COc1ccc(S(=O)(=O)n2cc(CCN)c3cc(OCc4ccc5ccccc5c4)ccc32)cc1. The molecular weight excluding hydrogens is 1210 g/mol. The molecule has 476 valence electrons. The second-order valence-corrected chi connectivity index (χ2v) is 26.7. The van der Waals surface area contributed by atoms with Gasteiger partial charge < -0.3 is 34.4 Å². The molecule has 0 aliphatic heterocycles. The summed E-state index contributed by atoms with van der Waals surface area (Å²) in [6.07, 6.45) is 9.98. The number of nitrogens with two attached hydrogens (primary N) is 1. The van der Waals surface area contributed by atoms with Crippen molar-refractivity contribution in [2.45, 2.75) is 75.6 Å². The van der Waals surface area contributed by atoms with Crippen LogP contribution >= 0.6 is 0 Å². The number of rotatable bonds is 21. The molecule has 3 N–H and O–H groups in total. The van der Waals surface area contributed by atoms with Crippen LogP contribution in [-0.4, -0.2) is 50.5 Å². The number of aromatic nitrogens is 3. The molecular formula is C79H74N4O9S2. The second-order valence-electron chi connectivity index (χ2n) is 23.1. The molecule has 0 aliphatic rings. The fraction of sp³-hybridized carbons (Fsp3) is 0.165. The van der Waals surface area contributed by atoms with Crippen LogP contribution in [-0.2, 0) is 59.1 Å². The fourth-order valence-electron chi connectivity index (χ4n) is 11.8. The number of aromatic amines is 1. The van der Waals surface area contributed by atoms with Crippen molar-refractivity contribution in [2.24, 2.45) is 5.73 Å². The number of nitrogens with zero attached hydrogens (tertiary/aromatic N) is 2. The van der Waals surface area contributed by atoms with E-state index < -0.39 is 20.0 Å². The molecule has 3 heterocycles. The van der Waals surface area contributed by atoms with Gasteiger partial charge in [-0.1, -0.05) is 136 Å². The Morgan fingerprint density at radius 2 is 0.745 bits per heavy atom. The van der Waals surface area contributed by atoms with Crippen molar-refractivity contribution in [3.05, 3.63) is 282 Å². The zero-order chi connectivity index (χ0) is 65.2. The summed E-state index contributed by atoms with van der Waals surface area (Å²) in [6.45, 7) is 6.13. The third-order valence-electron chi connectivity index (χ3n) is 16.7. The first-order valence-corrected chi connectivity index (χ1v) is 34.4. The molecule has 0 atom stereocenters. The second kappa shape index (κ2) is 28.7. The predicted molar refractivity (Wildman–Crippen MR) is 379 cm³/mol. The summed E-state index contributed by atoms with van der Waals surface area (Å²) in [5.74, 6) is 3.51. The topological polar surface area (TPSA) is 166 Å². The van der Waals surface area contributed by atoms with Gasteiger partial charge >= 0.3 is 0 Å². The highest BCUT2D eigenvalue weighted by Gasteiger charge is 2.24. The lowest BCUT2D eigenvalue weighted by Gasteiger charge is -2.10. The lowest BCUT2D eigenvalue weighted by atomic mass is 10.1. The number of H-pyrrole nitrogens is 1. The first kappa shape index (κ1) is 63.8. The summed E-state index contributed by atoms with van der Waals surface area (Å²) in [7, 11) is -4.46. The van der Waals surface area contributed by atoms with Crippen LogP contribution in [0.5, 0.6) is 28.7 Å². The van der Waals surface area contributed by atoms with Gasteiger partial charge in [0.25, 0.3) is 20.0 Å². The maximum Gasteiger partial charge on any atom is 0.268 e. The van der Waals surface area contributed by atoms with Crippen molar-refractivity contribution < 1.29 is 40.5 Å². The highest BCUT2D eigenvalue weighted by molar-refractivity contribution is 7.90. The first-order chi connectivity index (χ1) is 45.8. The van der Waals surface area contributed by atoms with Gasteiger partial charge in [0.2, 0.25) is 0 Å². The van der Waals surface area contributed by atoms with E-state index in [2.05, 4.69) is 140 Å². The number of hydrogen-bond acceptors (Lipinski definition) is 10. The summed E-state index contributed by atoms with van der Waals surface area (Å²) in [5, 5.41) is 10.2. The maximum atomic E-state index is 13.5. The molecule has 0 radical (unpaired) electrons. The summed E-state index contributed by atoms with van der Waals surface area (Å²) >= 11 is 0. The highest BCUT2D eigenvalue weighted by atomic mass is 32.2. The van der Waals surface area contributed by atoms with Gasteiger partial charge in [0.1, 0.15) is 48.6 Å². The number of nitrogens with one attached hydrogen (secondary N) is 1. The van der Waals surface area contributed by atoms with Crippen molar-refractivity contribution in [3.8, 4) is 28.7 Å². The van der Waals surface area contributed by atoms with Gasteiger partial charge in [-0.15, -0.1) is 0 Å². The number of benzene rings is 11. The molecule has 11 aromatic carbocycles. The van der Waals surface area contributed by atoms with Crippen LogP contribution in [0.25, 0.3) is 65.0 Å². The molecule has 13 nitrogen and oxygen atoms in total. The third kappa shape index (κ3) is 14.2. The van der Waals surface area contributed by atoms with E-state index >= 15 is 0 Å². The van der Waals surface area contributed by atoms with Crippen LogP contribution in [0.3, 0.4) is 0 Å². The van der Waals surface area contributed by atoms with E-state index in [1.165, 1.54) is 56.9 Å². The summed E-state index contributed by atoms with van der Waals surface area (Å²) in [6, 6.07) is 74.1. The summed E-state index contributed by atoms with van der Waals surface area (Å²) < 4.78 is 85.0. The first-order valence-electron chi connectivity index (χ1n) is 31.5. The van der Waals surface area contributed by atoms with Gasteiger partial charge in [-0.25, -0.2) is 24.8 Å². The van der Waals surface area contributed by atoms with Gasteiger partial charge in [-0.2, -0.15) is 0 Å². The van der Waals surface area contributed by atoms with Crippen molar-refractivity contribution in [1.29, 1.82) is 0 Å². The molecule has 0 aliphatic carbocycles. The average Bonchev–Trinajstić information content (AvgIpc) is 1.61. The van der Waals surface area contributed by atoms with Crippen LogP contribution in [0.15, 0.2) is 259 Å². The largest absolute Gasteiger partial charge is 0.497 e. The normalized spacial score (nSPS) is 11.6. The lowest BCUT2D eigenvalue weighted by molar-refractivity contribution is 0.306. The quantitative estimate of drug-likeness (QED) is 0.0707. The van der Waals surface area contributed by atoms with E-state index in [1.54, 1.807) is 87.3 Å². The maximum absolute atomic E-state index is 13.5. The van der Waals surface area contributed by atoms with Crippen LogP contribution in [0, 0.1) is 0 Å². The van der Waals surface area contributed by atoms with Crippen LogP contribution in [0.1, 0.15) is 60.1 Å². The lowest BCUT2D eigenvalue weighted by Crippen LogP contribution is -2.12. The van der Waals surface area contributed by atoms with Gasteiger partial charge in [0, 0.05) is 40.3 Å². The summed E-state index contributed by atoms with van der Waals surface area (Å²) in [4.78, 5) is 3.74. The standard InChI is InChI=1S/C29H27NO4S.C28H26N2O4S.C22H21NO/c1-3-6-24-19-30(35(31,32)27-14-11-25(33-2)12-15-27)29-16-13-26(18-28(24)29)34-20-21-9-10-22-7-4-5-8-23(22)17-21;1-33-24-8-11-26(12-9-24)35(31,32)30-18-23(14-15-29)27-17-25(10-13-28(27)30)34-19-20-6-7-21-4-2-3-5-22(21)16-20;1-2-5-19-14-23-22-11-10-20(13-21(19)22)24-15-16-8-9-17-6-3-4-7-18(17)12-16/h4-5,7-19H,3,6,20H2,1-2H3;2-13,16-18H,14-15,19,29H2,1H3;3-4,6-14,23H,2,5,15H2,1H3. The molecule has 0 saturated heterocycles. The number of methoxy groups -OCH3 is 2. The molecule has 0 spiro atoms. The zero-order valence-electron chi connectivity index (χ0n) is 53.0. The molecule has 0 saturated carbocycles. The molecule has 0 amide bonds. The zero-order valence-corrected chi connectivity index (χ0v) is 54.6. The van der Waals surface area contributed by atoms with Gasteiger partial charge in [-0.05, 0) is 213 Å². The fourth-order valence-corrected chi connectivity index (χ4v) is 14.6. The average molecular weight is 1290 g/mol. The Labute approximate surface area is 548 Å². The molecule has 15 heteroatoms. The molecule has 0 fully saturated rings. The molecule has 14 rings (SSSR count). The Hall–Kier alpha value is -10.3. The van der Waals surface area contributed by atoms with E-state index in [1.807, 2.05) is 54.6 Å². The molecule has 0 unspecified atom stereocenters. The minimum Gasteiger partial charge on any atom is -0.497 e. The van der Waals surface area contributed by atoms with Gasteiger partial charge in [0.15, 0.2) is 0 Å². The minimum absolute atomic E-state index is 0.186. The molecule has 94 heavy (non-hydrogen) atoms. The number of hydrogen-bond donors (Lipinski definition) is 2.